The molecule has 0 saturated heterocycles. The maximum Gasteiger partial charge on any atom is 0.422 e. The predicted molar refractivity (Wildman–Crippen MR) is 60.9 cm³/mol. The minimum absolute atomic E-state index is 0.0196. The molecule has 1 aromatic heterocycles. The summed E-state index contributed by atoms with van der Waals surface area (Å²) in [6.07, 6.45) is -4.79. The molecule has 1 aromatic rings. The Morgan fingerprint density at radius 2 is 2.05 bits per heavy atom. The van der Waals surface area contributed by atoms with E-state index in [1.54, 1.807) is 5.10 Å². The number of carbonyl (C=O) groups excluding carboxylic acids is 1. The molecule has 1 heterocycles. The van der Waals surface area contributed by atoms with Crippen LogP contribution in [0.2, 0.25) is 0 Å². The molecule has 0 aliphatic carbocycles. The highest BCUT2D eigenvalue weighted by Gasteiger charge is 2.37. The first kappa shape index (κ1) is 16.2. The van der Waals surface area contributed by atoms with Crippen LogP contribution >= 0.6 is 0 Å². The SMILES string of the molecule is COC(=O)CCOCc1n[nH]c(=O)c(C(F)(F)F)c1C. The quantitative estimate of drug-likeness (QED) is 0.651. The highest BCUT2D eigenvalue weighted by molar-refractivity contribution is 5.69. The minimum Gasteiger partial charge on any atom is -0.469 e. The molecule has 1 rings (SSSR count). The highest BCUT2D eigenvalue weighted by Crippen LogP contribution is 2.29. The Bertz CT molecular complexity index is 539. The molecule has 0 fully saturated rings. The van der Waals surface area contributed by atoms with Gasteiger partial charge in [-0.3, -0.25) is 9.59 Å². The van der Waals surface area contributed by atoms with Gasteiger partial charge in [0, 0.05) is 0 Å². The van der Waals surface area contributed by atoms with E-state index >= 15 is 0 Å². The molecule has 0 amide bonds. The largest absolute Gasteiger partial charge is 0.469 e. The van der Waals surface area contributed by atoms with E-state index in [1.807, 2.05) is 0 Å². The smallest absolute Gasteiger partial charge is 0.422 e. The molecule has 0 unspecified atom stereocenters. The first-order chi connectivity index (χ1) is 9.27. The molecule has 0 aliphatic rings. The number of nitrogens with zero attached hydrogens (tertiary/aromatic N) is 1. The number of aromatic nitrogens is 2. The zero-order valence-corrected chi connectivity index (χ0v) is 10.8. The number of esters is 1. The molecule has 0 bridgehead atoms. The lowest BCUT2D eigenvalue weighted by Crippen LogP contribution is -2.26. The summed E-state index contributed by atoms with van der Waals surface area (Å²) >= 11 is 0. The molecule has 1 N–H and O–H groups in total. The zero-order chi connectivity index (χ0) is 15.3. The Hall–Kier alpha value is -1.90. The summed E-state index contributed by atoms with van der Waals surface area (Å²) < 4.78 is 47.4. The number of nitrogens with one attached hydrogen (secondary N) is 1. The Balaban J connectivity index is 2.78. The lowest BCUT2D eigenvalue weighted by Gasteiger charge is -2.11. The third kappa shape index (κ3) is 4.05. The summed E-state index contributed by atoms with van der Waals surface area (Å²) in [7, 11) is 1.21. The number of hydrogen-bond donors (Lipinski definition) is 1. The first-order valence-corrected chi connectivity index (χ1v) is 5.57. The molecule has 9 heteroatoms. The van der Waals surface area contributed by atoms with Crippen molar-refractivity contribution in [3.63, 3.8) is 0 Å². The van der Waals surface area contributed by atoms with E-state index in [4.69, 9.17) is 4.74 Å². The third-order valence-electron chi connectivity index (χ3n) is 2.53. The number of carbonyl (C=O) groups is 1. The predicted octanol–water partition coefficient (Wildman–Crippen LogP) is 1.18. The van der Waals surface area contributed by atoms with E-state index in [2.05, 4.69) is 9.84 Å². The monoisotopic (exact) mass is 294 g/mol. The van der Waals surface area contributed by atoms with Crippen LogP contribution < -0.4 is 5.56 Å². The van der Waals surface area contributed by atoms with Crippen LogP contribution in [0.5, 0.6) is 0 Å². The lowest BCUT2D eigenvalue weighted by atomic mass is 10.1. The van der Waals surface area contributed by atoms with E-state index in [-0.39, 0.29) is 30.9 Å². The second kappa shape index (κ2) is 6.51. The molecule has 0 atom stereocenters. The van der Waals surface area contributed by atoms with E-state index in [0.29, 0.717) is 0 Å². The number of rotatable bonds is 5. The number of aromatic amines is 1. The van der Waals surface area contributed by atoms with E-state index < -0.39 is 23.3 Å². The van der Waals surface area contributed by atoms with E-state index in [9.17, 15) is 22.8 Å². The van der Waals surface area contributed by atoms with Crippen molar-refractivity contribution in [3.8, 4) is 0 Å². The van der Waals surface area contributed by atoms with Crippen molar-refractivity contribution in [3.05, 3.63) is 27.2 Å². The van der Waals surface area contributed by atoms with Crippen molar-refractivity contribution in [2.45, 2.75) is 26.1 Å². The molecule has 20 heavy (non-hydrogen) atoms. The minimum atomic E-state index is -4.76. The van der Waals surface area contributed by atoms with Gasteiger partial charge in [0.2, 0.25) is 0 Å². The van der Waals surface area contributed by atoms with Gasteiger partial charge < -0.3 is 9.47 Å². The van der Waals surface area contributed by atoms with Crippen LogP contribution in [0.1, 0.15) is 23.2 Å². The topological polar surface area (TPSA) is 81.3 Å². The normalized spacial score (nSPS) is 11.4. The first-order valence-electron chi connectivity index (χ1n) is 5.57. The van der Waals surface area contributed by atoms with Gasteiger partial charge in [0.05, 0.1) is 32.4 Å². The summed E-state index contributed by atoms with van der Waals surface area (Å²) in [5.74, 6) is -0.493. The van der Waals surface area contributed by atoms with Gasteiger partial charge in [-0.25, -0.2) is 5.10 Å². The molecule has 0 saturated carbocycles. The Morgan fingerprint density at radius 3 is 2.60 bits per heavy atom. The van der Waals surface area contributed by atoms with E-state index in [1.165, 1.54) is 7.11 Å². The van der Waals surface area contributed by atoms with Gasteiger partial charge in [-0.2, -0.15) is 18.3 Å². The summed E-state index contributed by atoms with van der Waals surface area (Å²) in [4.78, 5) is 22.0. The average Bonchev–Trinajstić information content (AvgIpc) is 2.34. The van der Waals surface area contributed by atoms with E-state index in [0.717, 1.165) is 6.92 Å². The fourth-order valence-electron chi connectivity index (χ4n) is 1.48. The third-order valence-corrected chi connectivity index (χ3v) is 2.53. The van der Waals surface area contributed by atoms with Crippen molar-refractivity contribution in [2.75, 3.05) is 13.7 Å². The van der Waals surface area contributed by atoms with Crippen LogP contribution in [0.3, 0.4) is 0 Å². The fraction of sp³-hybridized carbons (Fsp3) is 0.545. The number of alkyl halides is 3. The number of methoxy groups -OCH3 is 1. The molecule has 6 nitrogen and oxygen atoms in total. The van der Waals surface area contributed by atoms with Crippen LogP contribution in [0.4, 0.5) is 13.2 Å². The van der Waals surface area contributed by atoms with Crippen LogP contribution in [-0.2, 0) is 27.1 Å². The summed E-state index contributed by atoms with van der Waals surface area (Å²) in [5, 5.41) is 5.29. The second-order valence-electron chi connectivity index (χ2n) is 3.88. The number of H-pyrrole nitrogens is 1. The van der Waals surface area contributed by atoms with Crippen molar-refractivity contribution in [1.82, 2.24) is 10.2 Å². The van der Waals surface area contributed by atoms with Crippen LogP contribution in [0.15, 0.2) is 4.79 Å². The summed E-state index contributed by atoms with van der Waals surface area (Å²) in [6.45, 7) is 0.876. The molecule has 112 valence electrons. The Morgan fingerprint density at radius 1 is 1.40 bits per heavy atom. The van der Waals surface area contributed by atoms with Gasteiger partial charge in [0.15, 0.2) is 0 Å². The second-order valence-corrected chi connectivity index (χ2v) is 3.88. The van der Waals surface area contributed by atoms with Gasteiger partial charge in [-0.1, -0.05) is 0 Å². The van der Waals surface area contributed by atoms with Gasteiger partial charge in [-0.05, 0) is 12.5 Å². The van der Waals surface area contributed by atoms with Crippen LogP contribution in [0, 0.1) is 6.92 Å². The molecule has 0 spiro atoms. The number of ether oxygens (including phenoxy) is 2. The van der Waals surface area contributed by atoms with Crippen molar-refractivity contribution in [2.24, 2.45) is 0 Å². The molecular formula is C11H13F3N2O4. The van der Waals surface area contributed by atoms with Gasteiger partial charge in [-0.15, -0.1) is 0 Å². The van der Waals surface area contributed by atoms with Gasteiger partial charge >= 0.3 is 12.1 Å². The summed E-state index contributed by atoms with van der Waals surface area (Å²) in [6, 6.07) is 0. The van der Waals surface area contributed by atoms with Crippen LogP contribution in [-0.4, -0.2) is 29.9 Å². The standard InChI is InChI=1S/C11H13F3N2O4/c1-6-7(5-20-4-3-8(17)19-2)15-16-10(18)9(6)11(12,13)14/h3-5H2,1-2H3,(H,16,18). The number of hydrogen-bond acceptors (Lipinski definition) is 5. The number of halogens is 3. The fourth-order valence-corrected chi connectivity index (χ4v) is 1.48. The maximum absolute atomic E-state index is 12.7. The van der Waals surface area contributed by atoms with Gasteiger partial charge in [0.1, 0.15) is 5.56 Å². The van der Waals surface area contributed by atoms with Gasteiger partial charge in [0.25, 0.3) is 5.56 Å². The highest BCUT2D eigenvalue weighted by atomic mass is 19.4. The van der Waals surface area contributed by atoms with Crippen molar-refractivity contribution < 1.29 is 27.4 Å². The van der Waals surface area contributed by atoms with Crippen molar-refractivity contribution >= 4 is 5.97 Å². The maximum atomic E-state index is 12.7. The van der Waals surface area contributed by atoms with Crippen LogP contribution in [0.25, 0.3) is 0 Å². The average molecular weight is 294 g/mol. The van der Waals surface area contributed by atoms with Crippen molar-refractivity contribution in [1.29, 1.82) is 0 Å². The molecule has 0 aromatic carbocycles. The molecule has 0 aliphatic heterocycles. The zero-order valence-electron chi connectivity index (χ0n) is 10.8. The Kier molecular flexibility index (Phi) is 5.26. The molecule has 0 radical (unpaired) electrons. The molecular weight excluding hydrogens is 281 g/mol. The summed E-state index contributed by atoms with van der Waals surface area (Å²) in [5.41, 5.74) is -2.92. The lowest BCUT2D eigenvalue weighted by molar-refractivity contribution is -0.142. The Labute approximate surface area is 111 Å².